The van der Waals surface area contributed by atoms with Crippen LogP contribution in [0.2, 0.25) is 0 Å². The summed E-state index contributed by atoms with van der Waals surface area (Å²) < 4.78 is 21.5. The third kappa shape index (κ3) is 6.01. The SMILES string of the molecule is CCCCCCCCCCOc1cccc2c(OC(C)=O)c(OC)c(=O)oc12. The average Bonchev–Trinajstić information content (AvgIpc) is 2.67. The number of carbonyl (C=O) groups excluding carboxylic acids is 1. The lowest BCUT2D eigenvalue weighted by Gasteiger charge is -2.12. The molecule has 0 saturated carbocycles. The Hall–Kier alpha value is -2.50. The van der Waals surface area contributed by atoms with Gasteiger partial charge in [-0.2, -0.15) is 0 Å². The van der Waals surface area contributed by atoms with Gasteiger partial charge in [0.2, 0.25) is 5.75 Å². The Labute approximate surface area is 165 Å². The predicted octanol–water partition coefficient (Wildman–Crippen LogP) is 5.25. The van der Waals surface area contributed by atoms with Crippen LogP contribution in [0.3, 0.4) is 0 Å². The highest BCUT2D eigenvalue weighted by Crippen LogP contribution is 2.36. The predicted molar refractivity (Wildman–Crippen MR) is 108 cm³/mol. The molecule has 0 bridgehead atoms. The molecule has 0 fully saturated rings. The van der Waals surface area contributed by atoms with Crippen LogP contribution in [0.25, 0.3) is 11.0 Å². The molecule has 6 nitrogen and oxygen atoms in total. The molecule has 0 N–H and O–H groups in total. The molecule has 6 heteroatoms. The van der Waals surface area contributed by atoms with E-state index in [0.29, 0.717) is 17.7 Å². The van der Waals surface area contributed by atoms with Gasteiger partial charge in [0.15, 0.2) is 17.1 Å². The molecule has 154 valence electrons. The maximum Gasteiger partial charge on any atom is 0.383 e. The van der Waals surface area contributed by atoms with Crippen molar-refractivity contribution in [2.45, 2.75) is 65.2 Å². The smallest absolute Gasteiger partial charge is 0.383 e. The van der Waals surface area contributed by atoms with Crippen molar-refractivity contribution in [1.29, 1.82) is 0 Å². The van der Waals surface area contributed by atoms with E-state index in [0.717, 1.165) is 12.8 Å². The molecule has 0 atom stereocenters. The van der Waals surface area contributed by atoms with Gasteiger partial charge in [0.25, 0.3) is 0 Å². The second-order valence-electron chi connectivity index (χ2n) is 6.80. The Morgan fingerprint density at radius 2 is 1.68 bits per heavy atom. The highest BCUT2D eigenvalue weighted by atomic mass is 16.6. The molecule has 0 aliphatic heterocycles. The summed E-state index contributed by atoms with van der Waals surface area (Å²) >= 11 is 0. The number of esters is 1. The first-order valence-corrected chi connectivity index (χ1v) is 10.0. The number of para-hydroxylation sites is 1. The fraction of sp³-hybridized carbons (Fsp3) is 0.545. The number of ether oxygens (including phenoxy) is 3. The molecule has 1 aromatic carbocycles. The van der Waals surface area contributed by atoms with E-state index in [9.17, 15) is 9.59 Å². The first-order chi connectivity index (χ1) is 13.6. The number of benzene rings is 1. The Kier molecular flexibility index (Phi) is 8.85. The van der Waals surface area contributed by atoms with Gasteiger partial charge >= 0.3 is 11.6 Å². The summed E-state index contributed by atoms with van der Waals surface area (Å²) in [6.45, 7) is 4.02. The van der Waals surface area contributed by atoms with Crippen molar-refractivity contribution in [3.63, 3.8) is 0 Å². The number of hydrogen-bond donors (Lipinski definition) is 0. The van der Waals surface area contributed by atoms with Gasteiger partial charge in [0, 0.05) is 6.92 Å². The minimum atomic E-state index is -0.714. The van der Waals surface area contributed by atoms with Crippen molar-refractivity contribution >= 4 is 16.9 Å². The largest absolute Gasteiger partial charge is 0.490 e. The fourth-order valence-electron chi connectivity index (χ4n) is 3.11. The highest BCUT2D eigenvalue weighted by Gasteiger charge is 2.20. The Morgan fingerprint density at radius 3 is 2.32 bits per heavy atom. The van der Waals surface area contributed by atoms with E-state index in [4.69, 9.17) is 18.6 Å². The number of unbranched alkanes of at least 4 members (excludes halogenated alkanes) is 7. The van der Waals surface area contributed by atoms with Crippen LogP contribution in [0.5, 0.6) is 17.2 Å². The van der Waals surface area contributed by atoms with Gasteiger partial charge in [0.1, 0.15) is 0 Å². The van der Waals surface area contributed by atoms with E-state index < -0.39 is 11.6 Å². The summed E-state index contributed by atoms with van der Waals surface area (Å²) in [5.41, 5.74) is -0.460. The Morgan fingerprint density at radius 1 is 1.00 bits per heavy atom. The van der Waals surface area contributed by atoms with E-state index in [1.807, 2.05) is 0 Å². The van der Waals surface area contributed by atoms with Gasteiger partial charge in [-0.3, -0.25) is 4.79 Å². The number of hydrogen-bond acceptors (Lipinski definition) is 6. The van der Waals surface area contributed by atoms with Crippen LogP contribution in [0.15, 0.2) is 27.4 Å². The maximum absolute atomic E-state index is 12.2. The minimum absolute atomic E-state index is 0.0544. The second-order valence-corrected chi connectivity index (χ2v) is 6.80. The topological polar surface area (TPSA) is 75.0 Å². The molecule has 0 unspecified atom stereocenters. The van der Waals surface area contributed by atoms with Gasteiger partial charge in [-0.1, -0.05) is 57.9 Å². The number of carbonyl (C=O) groups is 1. The van der Waals surface area contributed by atoms with Gasteiger partial charge in [-0.25, -0.2) is 4.79 Å². The first-order valence-electron chi connectivity index (χ1n) is 10.0. The van der Waals surface area contributed by atoms with Crippen molar-refractivity contribution in [2.75, 3.05) is 13.7 Å². The normalized spacial score (nSPS) is 10.8. The van der Waals surface area contributed by atoms with Crippen LogP contribution >= 0.6 is 0 Å². The minimum Gasteiger partial charge on any atom is -0.490 e. The first kappa shape index (κ1) is 21.8. The molecular weight excluding hydrogens is 360 g/mol. The molecule has 0 aliphatic carbocycles. The third-order valence-corrected chi connectivity index (χ3v) is 4.52. The summed E-state index contributed by atoms with van der Waals surface area (Å²) in [4.78, 5) is 23.6. The maximum atomic E-state index is 12.2. The molecule has 0 aliphatic rings. The van der Waals surface area contributed by atoms with Crippen LogP contribution in [-0.4, -0.2) is 19.7 Å². The van der Waals surface area contributed by atoms with Crippen molar-refractivity contribution in [3.05, 3.63) is 28.6 Å². The van der Waals surface area contributed by atoms with E-state index in [1.54, 1.807) is 18.2 Å². The summed E-state index contributed by atoms with van der Waals surface area (Å²) in [6.07, 6.45) is 9.69. The molecule has 0 spiro atoms. The van der Waals surface area contributed by atoms with E-state index >= 15 is 0 Å². The zero-order valence-corrected chi connectivity index (χ0v) is 17.0. The molecule has 1 heterocycles. The van der Waals surface area contributed by atoms with Gasteiger partial charge in [-0.15, -0.1) is 0 Å². The zero-order chi connectivity index (χ0) is 20.4. The number of methoxy groups -OCH3 is 1. The second kappa shape index (κ2) is 11.4. The summed E-state index contributed by atoms with van der Waals surface area (Å²) in [5.74, 6) is -0.175. The molecule has 0 amide bonds. The van der Waals surface area contributed by atoms with Crippen LogP contribution < -0.4 is 19.8 Å². The monoisotopic (exact) mass is 390 g/mol. The summed E-state index contributed by atoms with van der Waals surface area (Å²) in [6, 6.07) is 5.19. The highest BCUT2D eigenvalue weighted by molar-refractivity contribution is 5.91. The van der Waals surface area contributed by atoms with Crippen molar-refractivity contribution in [3.8, 4) is 17.2 Å². The zero-order valence-electron chi connectivity index (χ0n) is 17.0. The summed E-state index contributed by atoms with van der Waals surface area (Å²) in [5, 5.41) is 0.458. The Bertz CT molecular complexity index is 824. The molecule has 0 saturated heterocycles. The van der Waals surface area contributed by atoms with Crippen LogP contribution in [0.4, 0.5) is 0 Å². The summed E-state index contributed by atoms with van der Waals surface area (Å²) in [7, 11) is 1.33. The molecule has 2 aromatic rings. The standard InChI is InChI=1S/C22H30O6/c1-4-5-6-7-8-9-10-11-15-26-18-14-12-13-17-19(18)28-22(24)21(25-3)20(17)27-16(2)23/h12-14H,4-11,15H2,1-3H3. The molecule has 0 radical (unpaired) electrons. The number of fused-ring (bicyclic) bond motifs is 1. The van der Waals surface area contributed by atoms with Gasteiger partial charge in [-0.05, 0) is 18.6 Å². The molecule has 28 heavy (non-hydrogen) atoms. The van der Waals surface area contributed by atoms with Gasteiger partial charge in [0.05, 0.1) is 19.1 Å². The van der Waals surface area contributed by atoms with Crippen LogP contribution in [0.1, 0.15) is 65.2 Å². The van der Waals surface area contributed by atoms with E-state index in [2.05, 4.69) is 6.92 Å². The molecular formula is C22H30O6. The van der Waals surface area contributed by atoms with Crippen molar-refractivity contribution in [1.82, 2.24) is 0 Å². The third-order valence-electron chi connectivity index (χ3n) is 4.52. The van der Waals surface area contributed by atoms with Crippen molar-refractivity contribution < 1.29 is 23.4 Å². The van der Waals surface area contributed by atoms with Crippen molar-refractivity contribution in [2.24, 2.45) is 0 Å². The fourth-order valence-corrected chi connectivity index (χ4v) is 3.11. The van der Waals surface area contributed by atoms with E-state index in [1.165, 1.54) is 52.6 Å². The van der Waals surface area contributed by atoms with E-state index in [-0.39, 0.29) is 17.1 Å². The lowest BCUT2D eigenvalue weighted by Crippen LogP contribution is -2.11. The Balaban J connectivity index is 2.03. The quantitative estimate of drug-likeness (QED) is 0.280. The lowest BCUT2D eigenvalue weighted by atomic mass is 10.1. The van der Waals surface area contributed by atoms with Crippen LogP contribution in [0, 0.1) is 0 Å². The average molecular weight is 390 g/mol. The molecule has 2 rings (SSSR count). The van der Waals surface area contributed by atoms with Crippen LogP contribution in [-0.2, 0) is 4.79 Å². The molecule has 1 aromatic heterocycles. The van der Waals surface area contributed by atoms with Gasteiger partial charge < -0.3 is 18.6 Å². The number of rotatable bonds is 12. The lowest BCUT2D eigenvalue weighted by molar-refractivity contribution is -0.131.